The van der Waals surface area contributed by atoms with Crippen LogP contribution in [-0.2, 0) is 0 Å². The quantitative estimate of drug-likeness (QED) is 0.551. The molecule has 0 amide bonds. The molecule has 0 spiro atoms. The molecule has 0 radical (unpaired) electrons. The third kappa shape index (κ3) is 0.376. The number of rotatable bonds is 0. The lowest BCUT2D eigenvalue weighted by molar-refractivity contribution is -0.0307. The fourth-order valence-corrected chi connectivity index (χ4v) is 5.06. The van der Waals surface area contributed by atoms with Crippen molar-refractivity contribution < 1.29 is 5.11 Å². The van der Waals surface area contributed by atoms with Gasteiger partial charge in [0.1, 0.15) is 0 Å². The van der Waals surface area contributed by atoms with E-state index in [9.17, 15) is 5.11 Å². The van der Waals surface area contributed by atoms with Crippen LogP contribution in [0.2, 0.25) is 0 Å². The second-order valence-electron chi connectivity index (χ2n) is 5.11. The summed E-state index contributed by atoms with van der Waals surface area (Å²) >= 11 is 0. The van der Waals surface area contributed by atoms with E-state index in [2.05, 4.69) is 0 Å². The molecule has 0 saturated heterocycles. The van der Waals surface area contributed by atoms with Crippen LogP contribution in [0.5, 0.6) is 0 Å². The maximum atomic E-state index is 9.85. The van der Waals surface area contributed by atoms with Gasteiger partial charge in [0.15, 0.2) is 0 Å². The van der Waals surface area contributed by atoms with Gasteiger partial charge >= 0.3 is 0 Å². The van der Waals surface area contributed by atoms with Gasteiger partial charge in [0.05, 0.1) is 6.10 Å². The first-order valence-corrected chi connectivity index (χ1v) is 5.06. The first kappa shape index (κ1) is 5.58. The van der Waals surface area contributed by atoms with Crippen molar-refractivity contribution in [1.82, 2.24) is 0 Å². The van der Waals surface area contributed by atoms with Gasteiger partial charge in [-0.05, 0) is 54.8 Å². The number of aliphatic hydroxyl groups is 1. The van der Waals surface area contributed by atoms with E-state index in [4.69, 9.17) is 0 Å². The Kier molecular flexibility index (Phi) is 0.706. The molecule has 0 aliphatic heterocycles. The highest BCUT2D eigenvalue weighted by Gasteiger charge is 2.71. The van der Waals surface area contributed by atoms with E-state index in [1.54, 1.807) is 0 Å². The third-order valence-electron chi connectivity index (χ3n) is 5.24. The van der Waals surface area contributed by atoms with Crippen molar-refractivity contribution in [2.45, 2.75) is 25.4 Å². The van der Waals surface area contributed by atoms with Crippen LogP contribution in [0.15, 0.2) is 0 Å². The highest BCUT2D eigenvalue weighted by molar-refractivity contribution is 5.19. The molecule has 60 valence electrons. The summed E-state index contributed by atoms with van der Waals surface area (Å²) in [5, 5.41) is 9.85. The van der Waals surface area contributed by atoms with Crippen molar-refractivity contribution >= 4 is 0 Å². The van der Waals surface area contributed by atoms with Crippen LogP contribution in [0.4, 0.5) is 0 Å². The third-order valence-corrected chi connectivity index (χ3v) is 5.24. The second-order valence-corrected chi connectivity index (χ2v) is 5.11. The smallest absolute Gasteiger partial charge is 0.0605 e. The summed E-state index contributed by atoms with van der Waals surface area (Å²) in [6.07, 6.45) is 4.47. The molecular weight excluding hydrogens is 136 g/mol. The molecule has 4 saturated carbocycles. The largest absolute Gasteiger partial charge is 0.393 e. The van der Waals surface area contributed by atoms with Gasteiger partial charge in [-0.2, -0.15) is 0 Å². The zero-order chi connectivity index (χ0) is 7.16. The van der Waals surface area contributed by atoms with Crippen LogP contribution in [0, 0.1) is 35.5 Å². The molecule has 7 atom stereocenters. The molecule has 0 heterocycles. The zero-order valence-electron chi connectivity index (χ0n) is 6.61. The molecule has 0 aromatic heterocycles. The SMILES string of the molecule is O[C@@H]1[C@@H]2C[C@@H]3[C@H]4CC[C@@H]2[C@H]4[C@H]13. The van der Waals surface area contributed by atoms with Gasteiger partial charge in [-0.25, -0.2) is 0 Å². The van der Waals surface area contributed by atoms with Gasteiger partial charge in [0.25, 0.3) is 0 Å². The van der Waals surface area contributed by atoms with Crippen LogP contribution in [0.3, 0.4) is 0 Å². The highest BCUT2D eigenvalue weighted by Crippen LogP contribution is 2.74. The fraction of sp³-hybridized carbons (Fsp3) is 1.00. The lowest BCUT2D eigenvalue weighted by Gasteiger charge is -2.48. The molecule has 0 aromatic rings. The number of hydrogen-bond donors (Lipinski definition) is 1. The van der Waals surface area contributed by atoms with Gasteiger partial charge in [-0.3, -0.25) is 0 Å². The Balaban J connectivity index is 1.89. The Labute approximate surface area is 66.8 Å². The summed E-state index contributed by atoms with van der Waals surface area (Å²) < 4.78 is 0. The van der Waals surface area contributed by atoms with Crippen LogP contribution in [0.25, 0.3) is 0 Å². The Hall–Kier alpha value is -0.0400. The normalized spacial score (nSPS) is 75.5. The average Bonchev–Trinajstić information content (AvgIpc) is 2.45. The number of fused-ring (bicyclic) bond motifs is 3. The molecule has 0 aromatic carbocycles. The Morgan fingerprint density at radius 2 is 1.55 bits per heavy atom. The first-order chi connectivity index (χ1) is 5.38. The minimum absolute atomic E-state index is 0.131. The number of hydrogen-bond acceptors (Lipinski definition) is 1. The summed E-state index contributed by atoms with van der Waals surface area (Å²) in [6.45, 7) is 0. The van der Waals surface area contributed by atoms with Gasteiger partial charge in [-0.1, -0.05) is 0 Å². The maximum absolute atomic E-state index is 9.85. The highest BCUT2D eigenvalue weighted by atomic mass is 16.3. The summed E-state index contributed by atoms with van der Waals surface area (Å²) in [5.74, 6) is 5.52. The first-order valence-electron chi connectivity index (χ1n) is 5.06. The molecule has 4 aliphatic carbocycles. The predicted octanol–water partition coefficient (Wildman–Crippen LogP) is 1.27. The van der Waals surface area contributed by atoms with E-state index in [1.165, 1.54) is 19.3 Å². The minimum Gasteiger partial charge on any atom is -0.393 e. The van der Waals surface area contributed by atoms with Crippen LogP contribution in [-0.4, -0.2) is 11.2 Å². The lowest BCUT2D eigenvalue weighted by Crippen LogP contribution is -2.45. The topological polar surface area (TPSA) is 20.2 Å². The number of aliphatic hydroxyl groups excluding tert-OH is 1. The fourth-order valence-electron chi connectivity index (χ4n) is 5.06. The van der Waals surface area contributed by atoms with Crippen molar-refractivity contribution in [3.63, 3.8) is 0 Å². The molecule has 1 nitrogen and oxygen atoms in total. The molecule has 0 unspecified atom stereocenters. The van der Waals surface area contributed by atoms with Gasteiger partial charge in [-0.15, -0.1) is 0 Å². The van der Waals surface area contributed by atoms with Gasteiger partial charge < -0.3 is 5.11 Å². The molecule has 4 fully saturated rings. The molecule has 4 aliphatic rings. The minimum atomic E-state index is 0.131. The van der Waals surface area contributed by atoms with Crippen molar-refractivity contribution in [2.75, 3.05) is 0 Å². The molecule has 4 rings (SSSR count). The van der Waals surface area contributed by atoms with E-state index in [-0.39, 0.29) is 6.10 Å². The monoisotopic (exact) mass is 150 g/mol. The van der Waals surface area contributed by atoms with E-state index in [0.29, 0.717) is 0 Å². The zero-order valence-corrected chi connectivity index (χ0v) is 6.61. The summed E-state index contributed by atoms with van der Waals surface area (Å²) in [4.78, 5) is 0. The molecular formula is C10H14O. The van der Waals surface area contributed by atoms with E-state index in [1.807, 2.05) is 0 Å². The predicted molar refractivity (Wildman–Crippen MR) is 40.8 cm³/mol. The summed E-state index contributed by atoms with van der Waals surface area (Å²) in [7, 11) is 0. The Bertz CT molecular complexity index is 211. The second kappa shape index (κ2) is 1.39. The van der Waals surface area contributed by atoms with Gasteiger partial charge in [0.2, 0.25) is 0 Å². The Morgan fingerprint density at radius 1 is 0.818 bits per heavy atom. The standard InChI is InChI=1S/C10H14O/c11-10-7-3-6-4-1-2-5(7)8(4)9(6)10/h4-11H,1-3H2/t4-,5+,6-,7-,8+,9-,10-/m1/s1. The van der Waals surface area contributed by atoms with Crippen molar-refractivity contribution in [2.24, 2.45) is 35.5 Å². The van der Waals surface area contributed by atoms with Crippen LogP contribution >= 0.6 is 0 Å². The van der Waals surface area contributed by atoms with E-state index in [0.717, 1.165) is 35.5 Å². The van der Waals surface area contributed by atoms with Crippen LogP contribution < -0.4 is 0 Å². The molecule has 2 bridgehead atoms. The molecule has 1 heteroatoms. The van der Waals surface area contributed by atoms with Crippen molar-refractivity contribution in [3.05, 3.63) is 0 Å². The van der Waals surface area contributed by atoms with Crippen LogP contribution in [0.1, 0.15) is 19.3 Å². The van der Waals surface area contributed by atoms with Gasteiger partial charge in [0, 0.05) is 0 Å². The molecule has 1 N–H and O–H groups in total. The summed E-state index contributed by atoms with van der Waals surface area (Å²) in [6, 6.07) is 0. The summed E-state index contributed by atoms with van der Waals surface area (Å²) in [5.41, 5.74) is 0. The van der Waals surface area contributed by atoms with E-state index < -0.39 is 0 Å². The van der Waals surface area contributed by atoms with Crippen molar-refractivity contribution in [3.8, 4) is 0 Å². The van der Waals surface area contributed by atoms with Crippen molar-refractivity contribution in [1.29, 1.82) is 0 Å². The maximum Gasteiger partial charge on any atom is 0.0605 e. The molecule has 11 heavy (non-hydrogen) atoms. The Morgan fingerprint density at radius 3 is 2.18 bits per heavy atom. The average molecular weight is 150 g/mol. The van der Waals surface area contributed by atoms with E-state index >= 15 is 0 Å². The lowest BCUT2D eigenvalue weighted by atomic mass is 9.56.